The highest BCUT2D eigenvalue weighted by molar-refractivity contribution is 6.03. The van der Waals surface area contributed by atoms with E-state index in [0.717, 1.165) is 36.0 Å². The molecule has 0 spiro atoms. The fraction of sp³-hybridized carbons (Fsp3) is 0.167. The van der Waals surface area contributed by atoms with Gasteiger partial charge in [-0.05, 0) is 35.7 Å². The molecule has 1 aliphatic heterocycles. The lowest BCUT2D eigenvalue weighted by Gasteiger charge is -2.11. The molecule has 4 rings (SSSR count). The number of nitrogens with one attached hydrogen (secondary N) is 1. The van der Waals surface area contributed by atoms with Crippen LogP contribution in [0.2, 0.25) is 0 Å². The molecule has 0 aliphatic carbocycles. The third kappa shape index (κ3) is 2.23. The first kappa shape index (κ1) is 14.4. The van der Waals surface area contributed by atoms with Crippen LogP contribution in [0.15, 0.2) is 41.3 Å². The van der Waals surface area contributed by atoms with Crippen molar-refractivity contribution in [3.8, 4) is 11.1 Å². The van der Waals surface area contributed by atoms with E-state index in [2.05, 4.69) is 20.9 Å². The first-order valence-corrected chi connectivity index (χ1v) is 7.64. The second-order valence-corrected chi connectivity index (χ2v) is 5.99. The molecule has 2 N–H and O–H groups in total. The number of pyridine rings is 2. The number of aromatic carboxylic acids is 1. The topological polar surface area (TPSA) is 86.3 Å². The quantitative estimate of drug-likeness (QED) is 0.756. The summed E-state index contributed by atoms with van der Waals surface area (Å²) in [5.74, 6) is -0.118. The van der Waals surface area contributed by atoms with Crippen molar-refractivity contribution in [2.45, 2.75) is 6.42 Å². The summed E-state index contributed by atoms with van der Waals surface area (Å²) in [6.45, 7) is 0.952. The number of rotatable bonds is 2. The number of carbonyl (C=O) groups is 1. The number of nitrogens with zero attached hydrogens (tertiary/aromatic N) is 2. The van der Waals surface area contributed by atoms with E-state index in [1.807, 2.05) is 13.1 Å². The van der Waals surface area contributed by atoms with Crippen LogP contribution in [0.1, 0.15) is 15.9 Å². The third-order valence-corrected chi connectivity index (χ3v) is 4.43. The van der Waals surface area contributed by atoms with E-state index in [0.29, 0.717) is 10.9 Å². The van der Waals surface area contributed by atoms with Gasteiger partial charge in [0.15, 0.2) is 0 Å². The lowest BCUT2D eigenvalue weighted by molar-refractivity contribution is 0.0699. The zero-order valence-corrected chi connectivity index (χ0v) is 13.0. The average Bonchev–Trinajstić information content (AvgIpc) is 2.94. The molecular formula is C18H15N3O3. The standard InChI is InChI=1S/C18H15N3O3/c1-21-5-4-11-6-12(9-19-17(11)21)10-2-3-15-13(7-10)14(18(23)24)8-16(22)20-15/h2-3,6-9H,4-5H2,1H3,(H,20,22)(H,23,24). The fourth-order valence-electron chi connectivity index (χ4n) is 3.19. The van der Waals surface area contributed by atoms with Crippen molar-refractivity contribution in [3.05, 3.63) is 58.0 Å². The second-order valence-electron chi connectivity index (χ2n) is 5.99. The predicted octanol–water partition coefficient (Wildman–Crippen LogP) is 2.28. The first-order valence-electron chi connectivity index (χ1n) is 7.64. The van der Waals surface area contributed by atoms with Crippen LogP contribution in [0.3, 0.4) is 0 Å². The van der Waals surface area contributed by atoms with Gasteiger partial charge < -0.3 is 15.0 Å². The molecule has 120 valence electrons. The molecule has 0 radical (unpaired) electrons. The Kier molecular flexibility index (Phi) is 3.13. The van der Waals surface area contributed by atoms with E-state index in [1.165, 1.54) is 5.56 Å². The number of fused-ring (bicyclic) bond motifs is 2. The number of aromatic amines is 1. The number of hydrogen-bond donors (Lipinski definition) is 2. The van der Waals surface area contributed by atoms with Crippen LogP contribution in [0.25, 0.3) is 22.0 Å². The molecule has 0 bridgehead atoms. The first-order chi connectivity index (χ1) is 11.5. The number of carboxylic acid groups (broad SMARTS) is 1. The van der Waals surface area contributed by atoms with E-state index in [-0.39, 0.29) is 5.56 Å². The van der Waals surface area contributed by atoms with Gasteiger partial charge in [-0.3, -0.25) is 4.79 Å². The van der Waals surface area contributed by atoms with E-state index < -0.39 is 11.5 Å². The summed E-state index contributed by atoms with van der Waals surface area (Å²) in [7, 11) is 2.02. The Morgan fingerprint density at radius 3 is 2.88 bits per heavy atom. The Labute approximate surface area is 137 Å². The van der Waals surface area contributed by atoms with Gasteiger partial charge in [0.2, 0.25) is 5.56 Å². The molecule has 0 saturated heterocycles. The number of anilines is 1. The van der Waals surface area contributed by atoms with Gasteiger partial charge in [0.05, 0.1) is 5.56 Å². The van der Waals surface area contributed by atoms with E-state index in [1.54, 1.807) is 18.3 Å². The smallest absolute Gasteiger partial charge is 0.336 e. The minimum atomic E-state index is -1.11. The van der Waals surface area contributed by atoms with E-state index in [4.69, 9.17) is 0 Å². The van der Waals surface area contributed by atoms with Gasteiger partial charge in [-0.25, -0.2) is 9.78 Å². The molecule has 3 heterocycles. The normalized spacial score (nSPS) is 13.3. The van der Waals surface area contributed by atoms with Gasteiger partial charge >= 0.3 is 5.97 Å². The highest BCUT2D eigenvalue weighted by atomic mass is 16.4. The van der Waals surface area contributed by atoms with Crippen LogP contribution < -0.4 is 10.5 Å². The molecule has 0 unspecified atom stereocenters. The summed E-state index contributed by atoms with van der Waals surface area (Å²) in [4.78, 5) is 32.3. The molecular weight excluding hydrogens is 306 g/mol. The van der Waals surface area contributed by atoms with Gasteiger partial charge in [0, 0.05) is 42.3 Å². The van der Waals surface area contributed by atoms with E-state index >= 15 is 0 Å². The molecule has 6 nitrogen and oxygen atoms in total. The Bertz CT molecular complexity index is 1040. The number of hydrogen-bond acceptors (Lipinski definition) is 4. The van der Waals surface area contributed by atoms with Gasteiger partial charge in [0.25, 0.3) is 0 Å². The molecule has 0 fully saturated rings. The zero-order valence-electron chi connectivity index (χ0n) is 13.0. The number of aromatic nitrogens is 2. The number of H-pyrrole nitrogens is 1. The monoisotopic (exact) mass is 321 g/mol. The molecule has 3 aromatic rings. The molecule has 2 aromatic heterocycles. The summed E-state index contributed by atoms with van der Waals surface area (Å²) in [5.41, 5.74) is 3.10. The van der Waals surface area contributed by atoms with Crippen molar-refractivity contribution in [2.24, 2.45) is 0 Å². The minimum Gasteiger partial charge on any atom is -0.478 e. The van der Waals surface area contributed by atoms with Gasteiger partial charge in [-0.15, -0.1) is 0 Å². The summed E-state index contributed by atoms with van der Waals surface area (Å²) in [6.07, 6.45) is 2.75. The predicted molar refractivity (Wildman–Crippen MR) is 91.7 cm³/mol. The molecule has 0 atom stereocenters. The SMILES string of the molecule is CN1CCc2cc(-c3ccc4[nH]c(=O)cc(C(=O)O)c4c3)cnc21. The fourth-order valence-corrected chi connectivity index (χ4v) is 3.19. The number of likely N-dealkylation sites (N-methyl/N-ethyl adjacent to an activating group) is 1. The highest BCUT2D eigenvalue weighted by Gasteiger charge is 2.18. The van der Waals surface area contributed by atoms with Crippen molar-refractivity contribution >= 4 is 22.7 Å². The summed E-state index contributed by atoms with van der Waals surface area (Å²) < 4.78 is 0. The number of carboxylic acids is 1. The third-order valence-electron chi connectivity index (χ3n) is 4.43. The highest BCUT2D eigenvalue weighted by Crippen LogP contribution is 2.30. The lowest BCUT2D eigenvalue weighted by atomic mass is 10.0. The molecule has 24 heavy (non-hydrogen) atoms. The molecule has 0 saturated carbocycles. The molecule has 1 aromatic carbocycles. The van der Waals surface area contributed by atoms with Crippen LogP contribution in [0.4, 0.5) is 5.82 Å². The van der Waals surface area contributed by atoms with Gasteiger partial charge in [-0.2, -0.15) is 0 Å². The molecule has 0 amide bonds. The Morgan fingerprint density at radius 1 is 1.25 bits per heavy atom. The van der Waals surface area contributed by atoms with Crippen LogP contribution in [-0.4, -0.2) is 34.6 Å². The summed E-state index contributed by atoms with van der Waals surface area (Å²) >= 11 is 0. The van der Waals surface area contributed by atoms with Gasteiger partial charge in [0.1, 0.15) is 5.82 Å². The number of benzene rings is 1. The summed E-state index contributed by atoms with van der Waals surface area (Å²) in [5, 5.41) is 9.87. The molecule has 6 heteroatoms. The maximum Gasteiger partial charge on any atom is 0.336 e. The largest absolute Gasteiger partial charge is 0.478 e. The minimum absolute atomic E-state index is 0.00412. The Morgan fingerprint density at radius 2 is 2.08 bits per heavy atom. The zero-order chi connectivity index (χ0) is 16.8. The van der Waals surface area contributed by atoms with E-state index in [9.17, 15) is 14.7 Å². The van der Waals surface area contributed by atoms with Crippen molar-refractivity contribution in [1.82, 2.24) is 9.97 Å². The lowest BCUT2D eigenvalue weighted by Crippen LogP contribution is -2.13. The Hall–Kier alpha value is -3.15. The maximum atomic E-state index is 11.6. The maximum absolute atomic E-state index is 11.6. The van der Waals surface area contributed by atoms with Crippen LogP contribution in [-0.2, 0) is 6.42 Å². The van der Waals surface area contributed by atoms with Crippen LogP contribution in [0, 0.1) is 0 Å². The molecule has 1 aliphatic rings. The van der Waals surface area contributed by atoms with Crippen molar-refractivity contribution < 1.29 is 9.90 Å². The summed E-state index contributed by atoms with van der Waals surface area (Å²) in [6, 6.07) is 8.60. The van der Waals surface area contributed by atoms with Crippen molar-refractivity contribution in [2.75, 3.05) is 18.5 Å². The Balaban J connectivity index is 1.89. The van der Waals surface area contributed by atoms with Crippen LogP contribution >= 0.6 is 0 Å². The van der Waals surface area contributed by atoms with Gasteiger partial charge in [-0.1, -0.05) is 6.07 Å². The van der Waals surface area contributed by atoms with Crippen molar-refractivity contribution in [3.63, 3.8) is 0 Å². The average molecular weight is 321 g/mol. The second kappa shape index (κ2) is 5.19. The van der Waals surface area contributed by atoms with Crippen LogP contribution in [0.5, 0.6) is 0 Å². The van der Waals surface area contributed by atoms with Crippen molar-refractivity contribution in [1.29, 1.82) is 0 Å².